The second-order valence-corrected chi connectivity index (χ2v) is 7.98. The lowest BCUT2D eigenvalue weighted by Gasteiger charge is -2.25. The van der Waals surface area contributed by atoms with Gasteiger partial charge in [0, 0.05) is 27.7 Å². The fourth-order valence-electron chi connectivity index (χ4n) is 4.18. The number of nitrogens with one attached hydrogen (secondary N) is 1. The van der Waals surface area contributed by atoms with Crippen molar-refractivity contribution in [2.75, 3.05) is 0 Å². The van der Waals surface area contributed by atoms with Gasteiger partial charge in [0.15, 0.2) is 0 Å². The summed E-state index contributed by atoms with van der Waals surface area (Å²) in [5.74, 6) is -1.38. The van der Waals surface area contributed by atoms with E-state index in [4.69, 9.17) is 4.42 Å². The third kappa shape index (κ3) is 3.69. The summed E-state index contributed by atoms with van der Waals surface area (Å²) in [6, 6.07) is 16.5. The van der Waals surface area contributed by atoms with E-state index in [1.54, 1.807) is 30.3 Å². The molecule has 4 aromatic rings. The fourth-order valence-corrected chi connectivity index (χ4v) is 4.18. The van der Waals surface area contributed by atoms with Gasteiger partial charge in [-0.05, 0) is 37.3 Å². The van der Waals surface area contributed by atoms with Crippen LogP contribution in [0.15, 0.2) is 76.9 Å². The van der Waals surface area contributed by atoms with Crippen molar-refractivity contribution in [3.8, 4) is 0 Å². The van der Waals surface area contributed by atoms with Gasteiger partial charge in [0.2, 0.25) is 0 Å². The molecule has 0 saturated carbocycles. The number of carbonyl (C=O) groups is 3. The van der Waals surface area contributed by atoms with Gasteiger partial charge in [0.25, 0.3) is 11.8 Å². The van der Waals surface area contributed by atoms with E-state index in [2.05, 4.69) is 5.32 Å². The third-order valence-corrected chi connectivity index (χ3v) is 5.93. The molecule has 8 heteroatoms. The highest BCUT2D eigenvalue weighted by Gasteiger charge is 2.36. The first-order chi connectivity index (χ1) is 16.4. The normalized spacial score (nSPS) is 15.4. The number of urea groups is 1. The highest BCUT2D eigenvalue weighted by atomic mass is 19.1. The van der Waals surface area contributed by atoms with E-state index in [1.165, 1.54) is 18.4 Å². The molecular weight excluding hydrogens is 437 g/mol. The molecule has 0 radical (unpaired) electrons. The first kappa shape index (κ1) is 21.4. The summed E-state index contributed by atoms with van der Waals surface area (Å²) in [5.41, 5.74) is 2.60. The Balaban J connectivity index is 1.58. The van der Waals surface area contributed by atoms with Crippen molar-refractivity contribution in [1.29, 1.82) is 0 Å². The minimum absolute atomic E-state index is 0.101. The van der Waals surface area contributed by atoms with E-state index in [0.717, 1.165) is 21.5 Å². The SMILES string of the molecule is Cc1c(/C=C2\C(=O)NC(=O)N(Cc3ccco3)C2=O)c2ccccc2n1Cc1ccccc1F. The molecule has 1 fully saturated rings. The Morgan fingerprint density at radius 1 is 0.971 bits per heavy atom. The predicted octanol–water partition coefficient (Wildman–Crippen LogP) is 4.39. The molecule has 3 heterocycles. The molecule has 0 spiro atoms. The molecule has 34 heavy (non-hydrogen) atoms. The lowest BCUT2D eigenvalue weighted by molar-refractivity contribution is -0.130. The van der Waals surface area contributed by atoms with Crippen LogP contribution < -0.4 is 5.32 Å². The minimum Gasteiger partial charge on any atom is -0.467 e. The molecule has 2 aromatic carbocycles. The van der Waals surface area contributed by atoms with Gasteiger partial charge >= 0.3 is 6.03 Å². The molecule has 5 rings (SSSR count). The predicted molar refractivity (Wildman–Crippen MR) is 123 cm³/mol. The summed E-state index contributed by atoms with van der Waals surface area (Å²) >= 11 is 0. The molecule has 1 aliphatic rings. The number of halogens is 1. The van der Waals surface area contributed by atoms with E-state index in [9.17, 15) is 18.8 Å². The maximum Gasteiger partial charge on any atom is 0.331 e. The number of para-hydroxylation sites is 1. The number of carbonyl (C=O) groups excluding carboxylic acids is 3. The van der Waals surface area contributed by atoms with Crippen LogP contribution in [0, 0.1) is 12.7 Å². The van der Waals surface area contributed by atoms with Crippen LogP contribution in [0.5, 0.6) is 0 Å². The van der Waals surface area contributed by atoms with Crippen molar-refractivity contribution >= 4 is 34.8 Å². The molecule has 0 unspecified atom stereocenters. The summed E-state index contributed by atoms with van der Waals surface area (Å²) in [7, 11) is 0. The van der Waals surface area contributed by atoms with Crippen molar-refractivity contribution in [1.82, 2.24) is 14.8 Å². The summed E-state index contributed by atoms with van der Waals surface area (Å²) < 4.78 is 21.5. The van der Waals surface area contributed by atoms with Gasteiger partial charge in [0.05, 0.1) is 19.4 Å². The van der Waals surface area contributed by atoms with Crippen molar-refractivity contribution in [3.05, 3.63) is 101 Å². The highest BCUT2D eigenvalue weighted by molar-refractivity contribution is 6.31. The Morgan fingerprint density at radius 2 is 1.74 bits per heavy atom. The summed E-state index contributed by atoms with van der Waals surface area (Å²) in [4.78, 5) is 39.0. The van der Waals surface area contributed by atoms with Crippen LogP contribution in [0.2, 0.25) is 0 Å². The zero-order valence-electron chi connectivity index (χ0n) is 18.2. The van der Waals surface area contributed by atoms with E-state index in [-0.39, 0.29) is 24.5 Å². The average Bonchev–Trinajstić information content (AvgIpc) is 3.43. The highest BCUT2D eigenvalue weighted by Crippen LogP contribution is 2.30. The molecule has 1 saturated heterocycles. The first-order valence-electron chi connectivity index (χ1n) is 10.7. The Hall–Kier alpha value is -4.46. The van der Waals surface area contributed by atoms with Gasteiger partial charge in [-0.2, -0.15) is 0 Å². The van der Waals surface area contributed by atoms with Crippen LogP contribution in [0.4, 0.5) is 9.18 Å². The quantitative estimate of drug-likeness (QED) is 0.356. The number of benzene rings is 2. The summed E-state index contributed by atoms with van der Waals surface area (Å²) in [6.07, 6.45) is 2.94. The van der Waals surface area contributed by atoms with Crippen LogP contribution in [-0.4, -0.2) is 27.3 Å². The van der Waals surface area contributed by atoms with E-state index < -0.39 is 17.8 Å². The van der Waals surface area contributed by atoms with E-state index in [1.807, 2.05) is 35.8 Å². The molecular formula is C26H20FN3O4. The van der Waals surface area contributed by atoms with Crippen LogP contribution >= 0.6 is 0 Å². The number of aromatic nitrogens is 1. The first-order valence-corrected chi connectivity index (χ1v) is 10.7. The monoisotopic (exact) mass is 457 g/mol. The van der Waals surface area contributed by atoms with Gasteiger partial charge in [-0.25, -0.2) is 9.18 Å². The van der Waals surface area contributed by atoms with Crippen LogP contribution in [0.3, 0.4) is 0 Å². The Kier molecular flexibility index (Phi) is 5.33. The number of hydrogen-bond donors (Lipinski definition) is 1. The molecule has 170 valence electrons. The topological polar surface area (TPSA) is 84.6 Å². The van der Waals surface area contributed by atoms with Crippen LogP contribution in [0.1, 0.15) is 22.6 Å². The van der Waals surface area contributed by atoms with Crippen molar-refractivity contribution < 1.29 is 23.2 Å². The van der Waals surface area contributed by atoms with Gasteiger partial charge in [-0.15, -0.1) is 0 Å². The minimum atomic E-state index is -0.803. The van der Waals surface area contributed by atoms with Gasteiger partial charge in [-0.1, -0.05) is 36.4 Å². The van der Waals surface area contributed by atoms with Gasteiger partial charge in [-0.3, -0.25) is 19.8 Å². The maximum atomic E-state index is 14.4. The molecule has 2 aromatic heterocycles. The second kappa shape index (κ2) is 8.47. The Bertz CT molecular complexity index is 1470. The number of furan rings is 1. The summed E-state index contributed by atoms with van der Waals surface area (Å²) in [5, 5.41) is 3.03. The Labute approximate surface area is 194 Å². The smallest absolute Gasteiger partial charge is 0.331 e. The lowest BCUT2D eigenvalue weighted by atomic mass is 10.0. The van der Waals surface area contributed by atoms with E-state index >= 15 is 0 Å². The number of amides is 4. The number of barbiturate groups is 1. The Morgan fingerprint density at radius 3 is 2.50 bits per heavy atom. The maximum absolute atomic E-state index is 14.4. The van der Waals surface area contributed by atoms with Crippen LogP contribution in [0.25, 0.3) is 17.0 Å². The molecule has 1 N–H and O–H groups in total. The average molecular weight is 457 g/mol. The third-order valence-electron chi connectivity index (χ3n) is 5.93. The molecule has 0 bridgehead atoms. The number of nitrogens with zero attached hydrogens (tertiary/aromatic N) is 2. The zero-order chi connectivity index (χ0) is 23.8. The molecule has 0 atom stereocenters. The van der Waals surface area contributed by atoms with Gasteiger partial charge in [0.1, 0.15) is 17.2 Å². The van der Waals surface area contributed by atoms with Crippen molar-refractivity contribution in [2.24, 2.45) is 0 Å². The number of rotatable bonds is 5. The number of imide groups is 2. The van der Waals surface area contributed by atoms with Crippen molar-refractivity contribution in [3.63, 3.8) is 0 Å². The largest absolute Gasteiger partial charge is 0.467 e. The lowest BCUT2D eigenvalue weighted by Crippen LogP contribution is -2.53. The van der Waals surface area contributed by atoms with Crippen molar-refractivity contribution in [2.45, 2.75) is 20.0 Å². The number of hydrogen-bond acceptors (Lipinski definition) is 4. The molecule has 0 aliphatic carbocycles. The standard InChI is InChI=1S/C26H20FN3O4/c1-16-20(13-21-24(31)28-26(33)30(25(21)32)15-18-8-6-12-34-18)19-9-3-5-11-23(19)29(16)14-17-7-2-4-10-22(17)27/h2-13H,14-15H2,1H3,(H,28,31,33)/b21-13+. The van der Waals surface area contributed by atoms with E-state index in [0.29, 0.717) is 16.9 Å². The molecule has 7 nitrogen and oxygen atoms in total. The molecule has 1 aliphatic heterocycles. The zero-order valence-corrected chi connectivity index (χ0v) is 18.2. The van der Waals surface area contributed by atoms with Gasteiger partial charge < -0.3 is 8.98 Å². The molecule has 4 amide bonds. The second-order valence-electron chi connectivity index (χ2n) is 7.98. The number of fused-ring (bicyclic) bond motifs is 1. The van der Waals surface area contributed by atoms with Crippen LogP contribution in [-0.2, 0) is 22.7 Å². The summed E-state index contributed by atoms with van der Waals surface area (Å²) in [6.45, 7) is 2.03. The fraction of sp³-hybridized carbons (Fsp3) is 0.115.